The molecule has 8 nitrogen and oxygen atoms in total. The summed E-state index contributed by atoms with van der Waals surface area (Å²) in [5.41, 5.74) is 8.40. The quantitative estimate of drug-likeness (QED) is 0.540. The predicted molar refractivity (Wildman–Crippen MR) is 95.6 cm³/mol. The van der Waals surface area contributed by atoms with Gasteiger partial charge in [-0.15, -0.1) is 0 Å². The van der Waals surface area contributed by atoms with Crippen molar-refractivity contribution in [3.8, 4) is 0 Å². The number of aliphatic hydroxyl groups is 2. The third kappa shape index (κ3) is 2.78. The van der Waals surface area contributed by atoms with Crippen molar-refractivity contribution in [2.75, 3.05) is 12.3 Å². The Kier molecular flexibility index (Phi) is 4.23. The Labute approximate surface area is 148 Å². The number of anilines is 1. The fraction of sp³-hybridized carbons (Fsp3) is 0.333. The lowest BCUT2D eigenvalue weighted by atomic mass is 10.0. The van der Waals surface area contributed by atoms with Crippen molar-refractivity contribution in [3.05, 3.63) is 58.1 Å². The highest BCUT2D eigenvalue weighted by molar-refractivity contribution is 5.82. The topological polar surface area (TPSA) is 126 Å². The van der Waals surface area contributed by atoms with Crippen molar-refractivity contribution in [1.29, 1.82) is 0 Å². The fourth-order valence-corrected chi connectivity index (χ4v) is 3.46. The van der Waals surface area contributed by atoms with Crippen molar-refractivity contribution in [2.45, 2.75) is 31.3 Å². The number of aromatic nitrogens is 3. The van der Waals surface area contributed by atoms with Crippen molar-refractivity contribution >= 4 is 16.9 Å². The van der Waals surface area contributed by atoms with Gasteiger partial charge in [0, 0.05) is 18.4 Å². The van der Waals surface area contributed by atoms with Gasteiger partial charge in [0.05, 0.1) is 24.6 Å². The summed E-state index contributed by atoms with van der Waals surface area (Å²) in [5, 5.41) is 19.4. The van der Waals surface area contributed by atoms with Gasteiger partial charge in [-0.05, 0) is 5.56 Å². The molecule has 2 aromatic heterocycles. The highest BCUT2D eigenvalue weighted by Gasteiger charge is 2.35. The fourth-order valence-electron chi connectivity index (χ4n) is 3.46. The summed E-state index contributed by atoms with van der Waals surface area (Å²) in [7, 11) is 0. The van der Waals surface area contributed by atoms with E-state index < -0.39 is 18.4 Å². The second-order valence-corrected chi connectivity index (χ2v) is 6.47. The molecule has 0 spiro atoms. The molecule has 26 heavy (non-hydrogen) atoms. The first-order valence-electron chi connectivity index (χ1n) is 8.44. The first kappa shape index (κ1) is 16.8. The number of imidazole rings is 1. The zero-order valence-electron chi connectivity index (χ0n) is 14.0. The van der Waals surface area contributed by atoms with Gasteiger partial charge in [-0.1, -0.05) is 30.3 Å². The van der Waals surface area contributed by atoms with Gasteiger partial charge in [0.25, 0.3) is 5.56 Å². The molecule has 3 heterocycles. The van der Waals surface area contributed by atoms with Gasteiger partial charge in [-0.2, -0.15) is 0 Å². The lowest BCUT2D eigenvalue weighted by Gasteiger charge is -2.16. The normalized spacial score (nSPS) is 22.9. The maximum Gasteiger partial charge on any atom is 0.277 e. The van der Waals surface area contributed by atoms with E-state index in [1.54, 1.807) is 4.57 Å². The minimum atomic E-state index is -0.778. The van der Waals surface area contributed by atoms with E-state index in [1.165, 1.54) is 6.33 Å². The van der Waals surface area contributed by atoms with Crippen LogP contribution < -0.4 is 11.3 Å². The number of nitrogen functional groups attached to an aromatic ring is 1. The minimum absolute atomic E-state index is 0.274. The van der Waals surface area contributed by atoms with Crippen LogP contribution in [0.4, 0.5) is 5.82 Å². The van der Waals surface area contributed by atoms with Crippen LogP contribution in [0.15, 0.2) is 41.5 Å². The summed E-state index contributed by atoms with van der Waals surface area (Å²) >= 11 is 0. The predicted octanol–water partition coefficient (Wildman–Crippen LogP) is 0.538. The number of nitrogens with zero attached hydrogens (tertiary/aromatic N) is 2. The number of hydrogen-bond donors (Lipinski definition) is 4. The molecule has 1 aliphatic heterocycles. The smallest absolute Gasteiger partial charge is 0.277 e. The molecule has 0 amide bonds. The van der Waals surface area contributed by atoms with Crippen molar-refractivity contribution in [2.24, 2.45) is 0 Å². The number of rotatable bonds is 4. The third-order valence-electron chi connectivity index (χ3n) is 4.79. The summed E-state index contributed by atoms with van der Waals surface area (Å²) in [6, 6.07) is 9.77. The Hall–Kier alpha value is -2.68. The SMILES string of the molecule is Nc1[nH]c(=O)c2ncn([C@H]3C[C@H](O)[C@@H](CO)O3)c2c1Cc1ccccc1. The molecular formula is C18H20N4O4. The number of pyridine rings is 1. The highest BCUT2D eigenvalue weighted by Crippen LogP contribution is 2.33. The zero-order chi connectivity index (χ0) is 18.3. The molecule has 0 aliphatic carbocycles. The minimum Gasteiger partial charge on any atom is -0.394 e. The van der Waals surface area contributed by atoms with Gasteiger partial charge < -0.3 is 30.2 Å². The molecule has 4 rings (SSSR count). The van der Waals surface area contributed by atoms with Gasteiger partial charge in [-0.25, -0.2) is 4.98 Å². The van der Waals surface area contributed by atoms with Gasteiger partial charge in [-0.3, -0.25) is 4.79 Å². The van der Waals surface area contributed by atoms with E-state index in [2.05, 4.69) is 9.97 Å². The molecule has 0 saturated carbocycles. The zero-order valence-corrected chi connectivity index (χ0v) is 14.0. The molecule has 0 radical (unpaired) electrons. The molecule has 1 aromatic carbocycles. The van der Waals surface area contributed by atoms with Gasteiger partial charge in [0.15, 0.2) is 5.52 Å². The number of aliphatic hydroxyl groups excluding tert-OH is 2. The lowest BCUT2D eigenvalue weighted by Crippen LogP contribution is -2.24. The first-order valence-corrected chi connectivity index (χ1v) is 8.44. The standard InChI is InChI=1S/C18H20N4O4/c19-17-11(6-10-4-2-1-3-5-10)16-15(18(25)21-17)20-9-22(16)14-7-12(24)13(8-23)26-14/h1-5,9,12-14,23-24H,6-8H2,(H3,19,21,25)/t12-,13+,14+/m0/s1. The van der Waals surface area contributed by atoms with E-state index in [0.717, 1.165) is 11.1 Å². The van der Waals surface area contributed by atoms with Crippen molar-refractivity contribution in [1.82, 2.24) is 14.5 Å². The first-order chi connectivity index (χ1) is 12.6. The summed E-state index contributed by atoms with van der Waals surface area (Å²) in [6.45, 7) is -0.274. The van der Waals surface area contributed by atoms with Gasteiger partial charge >= 0.3 is 0 Å². The van der Waals surface area contributed by atoms with E-state index in [9.17, 15) is 15.0 Å². The van der Waals surface area contributed by atoms with E-state index in [1.807, 2.05) is 30.3 Å². The van der Waals surface area contributed by atoms with Gasteiger partial charge in [0.1, 0.15) is 18.1 Å². The van der Waals surface area contributed by atoms with E-state index in [0.29, 0.717) is 18.4 Å². The van der Waals surface area contributed by atoms with Crippen LogP contribution in [0.1, 0.15) is 23.8 Å². The van der Waals surface area contributed by atoms with Crippen LogP contribution in [-0.2, 0) is 11.2 Å². The average Bonchev–Trinajstić information content (AvgIpc) is 3.23. The summed E-state index contributed by atoms with van der Waals surface area (Å²) < 4.78 is 7.45. The molecule has 1 fully saturated rings. The molecule has 1 aliphatic rings. The van der Waals surface area contributed by atoms with E-state index in [-0.39, 0.29) is 23.5 Å². The molecule has 136 valence electrons. The van der Waals surface area contributed by atoms with Gasteiger partial charge in [0.2, 0.25) is 0 Å². The van der Waals surface area contributed by atoms with Crippen molar-refractivity contribution in [3.63, 3.8) is 0 Å². The Morgan fingerprint density at radius 3 is 2.81 bits per heavy atom. The summed E-state index contributed by atoms with van der Waals surface area (Å²) in [5.74, 6) is 0.283. The number of nitrogens with two attached hydrogens (primary N) is 1. The average molecular weight is 356 g/mol. The number of ether oxygens (including phenoxy) is 1. The van der Waals surface area contributed by atoms with E-state index in [4.69, 9.17) is 10.5 Å². The molecule has 3 atom stereocenters. The van der Waals surface area contributed by atoms with Crippen molar-refractivity contribution < 1.29 is 14.9 Å². The largest absolute Gasteiger partial charge is 0.394 e. The van der Waals surface area contributed by atoms with Crippen LogP contribution in [-0.4, -0.2) is 43.6 Å². The third-order valence-corrected chi connectivity index (χ3v) is 4.79. The van der Waals surface area contributed by atoms with Crippen LogP contribution in [0.25, 0.3) is 11.0 Å². The molecule has 1 saturated heterocycles. The monoisotopic (exact) mass is 356 g/mol. The molecule has 8 heteroatoms. The van der Waals surface area contributed by atoms with Crippen LogP contribution in [0.3, 0.4) is 0 Å². The Morgan fingerprint density at radius 1 is 1.35 bits per heavy atom. The lowest BCUT2D eigenvalue weighted by molar-refractivity contribution is -0.0430. The van der Waals surface area contributed by atoms with Crippen LogP contribution in [0.5, 0.6) is 0 Å². The molecule has 5 N–H and O–H groups in total. The maximum absolute atomic E-state index is 12.3. The molecule has 0 unspecified atom stereocenters. The Balaban J connectivity index is 1.84. The second kappa shape index (κ2) is 6.56. The second-order valence-electron chi connectivity index (χ2n) is 6.47. The van der Waals surface area contributed by atoms with Crippen LogP contribution >= 0.6 is 0 Å². The highest BCUT2D eigenvalue weighted by atomic mass is 16.5. The Morgan fingerprint density at radius 2 is 2.12 bits per heavy atom. The number of H-pyrrole nitrogens is 1. The number of nitrogens with one attached hydrogen (secondary N) is 1. The molecule has 0 bridgehead atoms. The number of hydrogen-bond acceptors (Lipinski definition) is 6. The summed E-state index contributed by atoms with van der Waals surface area (Å²) in [6.07, 6.45) is 0.375. The maximum atomic E-state index is 12.3. The molecule has 3 aromatic rings. The Bertz CT molecular complexity index is 982. The molecular weight excluding hydrogens is 336 g/mol. The number of fused-ring (bicyclic) bond motifs is 1. The van der Waals surface area contributed by atoms with Crippen LogP contribution in [0, 0.1) is 0 Å². The van der Waals surface area contributed by atoms with Crippen LogP contribution in [0.2, 0.25) is 0 Å². The van der Waals surface area contributed by atoms with E-state index >= 15 is 0 Å². The number of benzene rings is 1. The number of aromatic amines is 1. The summed E-state index contributed by atoms with van der Waals surface area (Å²) in [4.78, 5) is 19.1.